The lowest BCUT2D eigenvalue weighted by molar-refractivity contribution is 0.0796. The van der Waals surface area contributed by atoms with E-state index in [9.17, 15) is 0 Å². The molecule has 0 saturated heterocycles. The summed E-state index contributed by atoms with van der Waals surface area (Å²) in [6.07, 6.45) is 3.56. The molecule has 1 rings (SSSR count). The monoisotopic (exact) mass is 262 g/mol. The Hall–Kier alpha value is -1.12. The molecule has 2 nitrogen and oxygen atoms in total. The Morgan fingerprint density at radius 1 is 1.11 bits per heavy atom. The molecule has 0 aliphatic heterocycles. The second kappa shape index (κ2) is 8.89. The van der Waals surface area contributed by atoms with Crippen LogP contribution in [-0.2, 0) is 9.47 Å². The Morgan fingerprint density at radius 2 is 1.79 bits per heavy atom. The second-order valence-corrected chi connectivity index (χ2v) is 5.11. The van der Waals surface area contributed by atoms with Crippen molar-refractivity contribution in [2.24, 2.45) is 0 Å². The first-order valence-electron chi connectivity index (χ1n) is 7.03. The van der Waals surface area contributed by atoms with Crippen molar-refractivity contribution in [2.45, 2.75) is 46.3 Å². The van der Waals surface area contributed by atoms with E-state index in [1.54, 1.807) is 0 Å². The van der Waals surface area contributed by atoms with E-state index in [1.165, 1.54) is 11.1 Å². The van der Waals surface area contributed by atoms with Gasteiger partial charge in [-0.1, -0.05) is 42.0 Å². The lowest BCUT2D eigenvalue weighted by Gasteiger charge is -2.12. The fourth-order valence-corrected chi connectivity index (χ4v) is 1.71. The van der Waals surface area contributed by atoms with E-state index in [-0.39, 0.29) is 6.10 Å². The molecule has 1 aromatic carbocycles. The molecule has 0 saturated carbocycles. The molecule has 0 aliphatic carbocycles. The van der Waals surface area contributed by atoms with Gasteiger partial charge in [0.25, 0.3) is 0 Å². The molecule has 19 heavy (non-hydrogen) atoms. The van der Waals surface area contributed by atoms with E-state index in [4.69, 9.17) is 9.47 Å². The van der Waals surface area contributed by atoms with Crippen molar-refractivity contribution >= 4 is 0 Å². The van der Waals surface area contributed by atoms with Crippen molar-refractivity contribution in [3.05, 3.63) is 47.5 Å². The average Bonchev–Trinajstić information content (AvgIpc) is 2.39. The van der Waals surface area contributed by atoms with Crippen LogP contribution in [0.25, 0.3) is 0 Å². The highest BCUT2D eigenvalue weighted by Crippen LogP contribution is 2.16. The summed E-state index contributed by atoms with van der Waals surface area (Å²) in [5, 5.41) is 0. The summed E-state index contributed by atoms with van der Waals surface area (Å²) in [5.74, 6) is 0. The summed E-state index contributed by atoms with van der Waals surface area (Å²) in [6.45, 7) is 9.77. The van der Waals surface area contributed by atoms with Crippen LogP contribution in [0.4, 0.5) is 0 Å². The van der Waals surface area contributed by atoms with Crippen molar-refractivity contribution in [3.63, 3.8) is 0 Å². The molecule has 0 aromatic heterocycles. The molecular formula is C17H26O2. The average molecular weight is 262 g/mol. The Kier molecular flexibility index (Phi) is 7.46. The largest absolute Gasteiger partial charge is 0.378 e. The first kappa shape index (κ1) is 15.9. The van der Waals surface area contributed by atoms with Crippen LogP contribution in [0.2, 0.25) is 0 Å². The molecule has 0 spiro atoms. The van der Waals surface area contributed by atoms with E-state index in [2.05, 4.69) is 45.9 Å². The number of benzene rings is 1. The maximum Gasteiger partial charge on any atom is 0.0801 e. The van der Waals surface area contributed by atoms with Crippen LogP contribution in [0, 0.1) is 0 Å². The van der Waals surface area contributed by atoms with Gasteiger partial charge in [-0.25, -0.2) is 0 Å². The molecule has 2 heteroatoms. The fourth-order valence-electron chi connectivity index (χ4n) is 1.71. The summed E-state index contributed by atoms with van der Waals surface area (Å²) in [6, 6.07) is 10.3. The van der Waals surface area contributed by atoms with E-state index >= 15 is 0 Å². The van der Waals surface area contributed by atoms with Crippen LogP contribution in [0.3, 0.4) is 0 Å². The van der Waals surface area contributed by atoms with E-state index in [1.807, 2.05) is 18.2 Å². The second-order valence-electron chi connectivity index (χ2n) is 5.11. The van der Waals surface area contributed by atoms with Crippen LogP contribution >= 0.6 is 0 Å². The Labute approximate surface area is 117 Å². The van der Waals surface area contributed by atoms with Crippen LogP contribution in [0.15, 0.2) is 42.0 Å². The Morgan fingerprint density at radius 3 is 2.42 bits per heavy atom. The van der Waals surface area contributed by atoms with Crippen molar-refractivity contribution in [2.75, 3.05) is 13.2 Å². The molecule has 106 valence electrons. The fraction of sp³-hybridized carbons (Fsp3) is 0.529. The van der Waals surface area contributed by atoms with Crippen LogP contribution in [0.1, 0.15) is 45.8 Å². The number of ether oxygens (including phenoxy) is 2. The van der Waals surface area contributed by atoms with E-state index in [0.29, 0.717) is 12.7 Å². The van der Waals surface area contributed by atoms with Crippen LogP contribution < -0.4 is 0 Å². The van der Waals surface area contributed by atoms with Crippen LogP contribution in [0.5, 0.6) is 0 Å². The SMILES string of the molecule is C/C(=C\COC(C)c1ccccc1)CCOC(C)C. The zero-order valence-corrected chi connectivity index (χ0v) is 12.6. The van der Waals surface area contributed by atoms with Gasteiger partial charge < -0.3 is 9.47 Å². The van der Waals surface area contributed by atoms with Gasteiger partial charge in [-0.05, 0) is 39.7 Å². The zero-order valence-electron chi connectivity index (χ0n) is 12.6. The summed E-state index contributed by atoms with van der Waals surface area (Å²) in [7, 11) is 0. The Bertz CT molecular complexity index is 368. The molecule has 1 unspecified atom stereocenters. The van der Waals surface area contributed by atoms with Crippen molar-refractivity contribution < 1.29 is 9.47 Å². The highest BCUT2D eigenvalue weighted by Gasteiger charge is 2.03. The van der Waals surface area contributed by atoms with Crippen molar-refractivity contribution in [1.29, 1.82) is 0 Å². The summed E-state index contributed by atoms with van der Waals surface area (Å²) in [5.41, 5.74) is 2.54. The number of hydrogen-bond donors (Lipinski definition) is 0. The van der Waals surface area contributed by atoms with Gasteiger partial charge in [-0.15, -0.1) is 0 Å². The minimum absolute atomic E-state index is 0.136. The molecule has 0 N–H and O–H groups in total. The molecular weight excluding hydrogens is 236 g/mol. The molecule has 0 heterocycles. The summed E-state index contributed by atoms with van der Waals surface area (Å²) < 4.78 is 11.3. The third-order valence-corrected chi connectivity index (χ3v) is 2.99. The number of rotatable bonds is 8. The van der Waals surface area contributed by atoms with Gasteiger partial charge in [-0.2, -0.15) is 0 Å². The minimum Gasteiger partial charge on any atom is -0.378 e. The molecule has 0 amide bonds. The van der Waals surface area contributed by atoms with Gasteiger partial charge in [0, 0.05) is 0 Å². The summed E-state index contributed by atoms with van der Waals surface area (Å²) in [4.78, 5) is 0. The first-order chi connectivity index (χ1) is 9.09. The van der Waals surface area contributed by atoms with Gasteiger partial charge in [0.15, 0.2) is 0 Å². The lowest BCUT2D eigenvalue weighted by Crippen LogP contribution is -2.04. The first-order valence-corrected chi connectivity index (χ1v) is 7.03. The smallest absolute Gasteiger partial charge is 0.0801 e. The van der Waals surface area contributed by atoms with Gasteiger partial charge in [0.05, 0.1) is 25.4 Å². The molecule has 0 bridgehead atoms. The highest BCUT2D eigenvalue weighted by atomic mass is 16.5. The van der Waals surface area contributed by atoms with Crippen LogP contribution in [-0.4, -0.2) is 19.3 Å². The molecule has 0 fully saturated rings. The standard InChI is InChI=1S/C17H26O2/c1-14(2)18-12-10-15(3)11-13-19-16(4)17-8-6-5-7-9-17/h5-9,11,14,16H,10,12-13H2,1-4H3/b15-11+. The molecule has 0 radical (unpaired) electrons. The maximum atomic E-state index is 5.81. The third-order valence-electron chi connectivity index (χ3n) is 2.99. The predicted octanol–water partition coefficient (Wildman–Crippen LogP) is 4.53. The Balaban J connectivity index is 2.25. The predicted molar refractivity (Wildman–Crippen MR) is 80.3 cm³/mol. The zero-order chi connectivity index (χ0) is 14.1. The normalized spacial score (nSPS) is 13.8. The topological polar surface area (TPSA) is 18.5 Å². The maximum absolute atomic E-state index is 5.81. The molecule has 1 atom stereocenters. The molecule has 0 aliphatic rings. The highest BCUT2D eigenvalue weighted by molar-refractivity contribution is 5.16. The third kappa shape index (κ3) is 7.14. The van der Waals surface area contributed by atoms with Gasteiger partial charge in [0.1, 0.15) is 0 Å². The van der Waals surface area contributed by atoms with Gasteiger partial charge >= 0.3 is 0 Å². The minimum atomic E-state index is 0.136. The molecule has 1 aromatic rings. The van der Waals surface area contributed by atoms with E-state index in [0.717, 1.165) is 13.0 Å². The number of hydrogen-bond acceptors (Lipinski definition) is 2. The van der Waals surface area contributed by atoms with Gasteiger partial charge in [-0.3, -0.25) is 0 Å². The van der Waals surface area contributed by atoms with Gasteiger partial charge in [0.2, 0.25) is 0 Å². The van der Waals surface area contributed by atoms with Crippen molar-refractivity contribution in [3.8, 4) is 0 Å². The van der Waals surface area contributed by atoms with Crippen molar-refractivity contribution in [1.82, 2.24) is 0 Å². The quantitative estimate of drug-likeness (QED) is 0.641. The lowest BCUT2D eigenvalue weighted by atomic mass is 10.1. The van der Waals surface area contributed by atoms with E-state index < -0.39 is 0 Å². The summed E-state index contributed by atoms with van der Waals surface area (Å²) >= 11 is 0.